The molecule has 0 saturated carbocycles. The number of fused-ring (bicyclic) bond motifs is 2. The Kier molecular flexibility index (Phi) is 4.00. The number of aryl methyl sites for hydroxylation is 4. The van der Waals surface area contributed by atoms with E-state index in [1.165, 1.54) is 5.56 Å². The van der Waals surface area contributed by atoms with Gasteiger partial charge in [-0.2, -0.15) is 0 Å². The third-order valence-corrected chi connectivity index (χ3v) is 5.58. The van der Waals surface area contributed by atoms with Crippen LogP contribution in [0.25, 0.3) is 32.7 Å². The van der Waals surface area contributed by atoms with Gasteiger partial charge in [-0.1, -0.05) is 47.5 Å². The summed E-state index contributed by atoms with van der Waals surface area (Å²) >= 11 is 6.58. The molecule has 4 aromatic carbocycles. The minimum Gasteiger partial charge on any atom is -0.207 e. The van der Waals surface area contributed by atoms with E-state index < -0.39 is 0 Å². The number of rotatable bonds is 1. The van der Waals surface area contributed by atoms with Gasteiger partial charge in [-0.25, -0.2) is 4.39 Å². The van der Waals surface area contributed by atoms with Gasteiger partial charge < -0.3 is 0 Å². The van der Waals surface area contributed by atoms with Crippen molar-refractivity contribution in [2.45, 2.75) is 27.7 Å². The molecule has 0 N–H and O–H groups in total. The Hall–Kier alpha value is -2.38. The summed E-state index contributed by atoms with van der Waals surface area (Å²) in [4.78, 5) is 0. The monoisotopic (exact) mass is 362 g/mol. The number of hydrogen-bond donors (Lipinski definition) is 0. The van der Waals surface area contributed by atoms with Crippen molar-refractivity contribution in [3.8, 4) is 11.1 Å². The Bertz CT molecular complexity index is 1190. The van der Waals surface area contributed by atoms with Crippen molar-refractivity contribution in [2.24, 2.45) is 0 Å². The second-order valence-electron chi connectivity index (χ2n) is 7.24. The van der Waals surface area contributed by atoms with Crippen LogP contribution in [0, 0.1) is 33.5 Å². The van der Waals surface area contributed by atoms with Gasteiger partial charge in [0.05, 0.1) is 5.02 Å². The minimum absolute atomic E-state index is 0.165. The van der Waals surface area contributed by atoms with Crippen LogP contribution in [0.5, 0.6) is 0 Å². The van der Waals surface area contributed by atoms with E-state index in [0.29, 0.717) is 5.56 Å². The second-order valence-corrected chi connectivity index (χ2v) is 7.62. The molecule has 0 spiro atoms. The van der Waals surface area contributed by atoms with Gasteiger partial charge in [-0.15, -0.1) is 0 Å². The molecule has 0 amide bonds. The van der Waals surface area contributed by atoms with Crippen LogP contribution in [-0.4, -0.2) is 0 Å². The highest BCUT2D eigenvalue weighted by Gasteiger charge is 2.14. The van der Waals surface area contributed by atoms with E-state index in [1.54, 1.807) is 6.07 Å². The molecule has 0 aromatic heterocycles. The van der Waals surface area contributed by atoms with Gasteiger partial charge in [-0.3, -0.25) is 0 Å². The van der Waals surface area contributed by atoms with Crippen LogP contribution >= 0.6 is 11.6 Å². The Balaban J connectivity index is 2.19. The lowest BCUT2D eigenvalue weighted by Crippen LogP contribution is -1.91. The van der Waals surface area contributed by atoms with Gasteiger partial charge in [-0.05, 0) is 89.9 Å². The maximum absolute atomic E-state index is 14.1. The molecule has 0 bridgehead atoms. The summed E-state index contributed by atoms with van der Waals surface area (Å²) < 4.78 is 14.1. The predicted octanol–water partition coefficient (Wildman–Crippen LogP) is 7.69. The molecule has 0 fully saturated rings. The van der Waals surface area contributed by atoms with Crippen molar-refractivity contribution in [1.29, 1.82) is 0 Å². The van der Waals surface area contributed by atoms with E-state index in [2.05, 4.69) is 44.2 Å². The fourth-order valence-electron chi connectivity index (χ4n) is 3.73. The zero-order valence-corrected chi connectivity index (χ0v) is 16.1. The van der Waals surface area contributed by atoms with Crippen LogP contribution in [-0.2, 0) is 0 Å². The molecule has 0 saturated heterocycles. The van der Waals surface area contributed by atoms with Crippen LogP contribution in [0.1, 0.15) is 22.3 Å². The smallest absolute Gasteiger partial charge is 0.126 e. The average molecular weight is 363 g/mol. The fourth-order valence-corrected chi connectivity index (χ4v) is 3.95. The van der Waals surface area contributed by atoms with Crippen LogP contribution in [0.15, 0.2) is 48.5 Å². The lowest BCUT2D eigenvalue weighted by atomic mass is 9.90. The average Bonchev–Trinajstić information content (AvgIpc) is 2.59. The molecule has 0 aliphatic rings. The topological polar surface area (TPSA) is 0 Å². The highest BCUT2D eigenvalue weighted by atomic mass is 35.5. The molecule has 0 unspecified atom stereocenters. The highest BCUT2D eigenvalue weighted by Crippen LogP contribution is 2.40. The molecule has 2 heteroatoms. The fraction of sp³-hybridized carbons (Fsp3) is 0.167. The quantitative estimate of drug-likeness (QED) is 0.325. The first-order valence-electron chi connectivity index (χ1n) is 8.75. The zero-order valence-electron chi connectivity index (χ0n) is 15.4. The predicted molar refractivity (Wildman–Crippen MR) is 111 cm³/mol. The van der Waals surface area contributed by atoms with Crippen molar-refractivity contribution in [3.63, 3.8) is 0 Å². The molecule has 0 radical (unpaired) electrons. The molecule has 0 atom stereocenters. The Labute approximate surface area is 158 Å². The van der Waals surface area contributed by atoms with Crippen molar-refractivity contribution in [1.82, 2.24) is 0 Å². The summed E-state index contributed by atoms with van der Waals surface area (Å²) in [6.45, 7) is 7.99. The first-order valence-corrected chi connectivity index (χ1v) is 9.13. The van der Waals surface area contributed by atoms with Crippen molar-refractivity contribution in [2.75, 3.05) is 0 Å². The highest BCUT2D eigenvalue weighted by molar-refractivity contribution is 6.37. The molecule has 4 aromatic rings. The SMILES string of the molecule is Cc1cc(-c2cc(C)c(Cl)c3ccc(C)cc23)c2cc(C)c(F)cc2c1. The lowest BCUT2D eigenvalue weighted by molar-refractivity contribution is 0.620. The Morgan fingerprint density at radius 3 is 2.15 bits per heavy atom. The Morgan fingerprint density at radius 2 is 1.38 bits per heavy atom. The largest absolute Gasteiger partial charge is 0.207 e. The first kappa shape index (κ1) is 17.1. The molecule has 0 aliphatic carbocycles. The van der Waals surface area contributed by atoms with Crippen LogP contribution in [0.2, 0.25) is 5.02 Å². The van der Waals surface area contributed by atoms with Crippen molar-refractivity contribution in [3.05, 3.63) is 81.6 Å². The van der Waals surface area contributed by atoms with Gasteiger partial charge in [0.1, 0.15) is 5.82 Å². The van der Waals surface area contributed by atoms with Crippen LogP contribution < -0.4 is 0 Å². The molecule has 4 rings (SSSR count). The van der Waals surface area contributed by atoms with Crippen molar-refractivity contribution >= 4 is 33.1 Å². The third kappa shape index (κ3) is 2.68. The summed E-state index contributed by atoms with van der Waals surface area (Å²) in [5, 5.41) is 4.98. The summed E-state index contributed by atoms with van der Waals surface area (Å²) in [5.74, 6) is -0.165. The lowest BCUT2D eigenvalue weighted by Gasteiger charge is -2.15. The summed E-state index contributed by atoms with van der Waals surface area (Å²) in [5.41, 5.74) is 6.28. The van der Waals surface area contributed by atoms with Gasteiger partial charge in [0.2, 0.25) is 0 Å². The minimum atomic E-state index is -0.165. The first-order chi connectivity index (χ1) is 12.3. The molecule has 0 nitrogen and oxygen atoms in total. The molecular weight excluding hydrogens is 343 g/mol. The van der Waals surface area contributed by atoms with Gasteiger partial charge >= 0.3 is 0 Å². The van der Waals surface area contributed by atoms with E-state index in [9.17, 15) is 4.39 Å². The van der Waals surface area contributed by atoms with Crippen molar-refractivity contribution < 1.29 is 4.39 Å². The maximum atomic E-state index is 14.1. The van der Waals surface area contributed by atoms with Gasteiger partial charge in [0.25, 0.3) is 0 Å². The van der Waals surface area contributed by atoms with Crippen LogP contribution in [0.4, 0.5) is 4.39 Å². The number of hydrogen-bond acceptors (Lipinski definition) is 0. The van der Waals surface area contributed by atoms with E-state index in [4.69, 9.17) is 11.6 Å². The molecule has 0 heterocycles. The van der Waals surface area contributed by atoms with Gasteiger partial charge in [0, 0.05) is 5.39 Å². The summed E-state index contributed by atoms with van der Waals surface area (Å²) in [6.07, 6.45) is 0. The zero-order chi connectivity index (χ0) is 18.6. The van der Waals surface area contributed by atoms with E-state index in [0.717, 1.165) is 48.8 Å². The summed E-state index contributed by atoms with van der Waals surface area (Å²) in [6, 6.07) is 16.3. The Morgan fingerprint density at radius 1 is 0.654 bits per heavy atom. The summed E-state index contributed by atoms with van der Waals surface area (Å²) in [7, 11) is 0. The number of benzene rings is 4. The third-order valence-electron chi connectivity index (χ3n) is 5.08. The second kappa shape index (κ2) is 6.10. The standard InChI is InChI=1S/C24H20ClF/c1-13-5-6-18-20(8-13)22(11-16(4)24(18)25)21-9-14(2)7-17-12-23(26)15(3)10-19(17)21/h5-12H,1-4H3. The normalized spacial score (nSPS) is 11.5. The molecule has 130 valence electrons. The number of halogens is 2. The van der Waals surface area contributed by atoms with E-state index >= 15 is 0 Å². The van der Waals surface area contributed by atoms with E-state index in [-0.39, 0.29) is 5.82 Å². The molecular formula is C24H20ClF. The molecule has 0 aliphatic heterocycles. The maximum Gasteiger partial charge on any atom is 0.126 e. The van der Waals surface area contributed by atoms with Crippen LogP contribution in [0.3, 0.4) is 0 Å². The molecule has 26 heavy (non-hydrogen) atoms. The van der Waals surface area contributed by atoms with E-state index in [1.807, 2.05) is 26.0 Å². The van der Waals surface area contributed by atoms with Gasteiger partial charge in [0.15, 0.2) is 0 Å².